The first-order valence-corrected chi connectivity index (χ1v) is 5.50. The van der Waals surface area contributed by atoms with Crippen LogP contribution in [0.3, 0.4) is 0 Å². The van der Waals surface area contributed by atoms with E-state index >= 15 is 0 Å². The Balaban J connectivity index is 1.99. The van der Waals surface area contributed by atoms with Crippen molar-refractivity contribution in [2.45, 2.75) is 50.5 Å². The molecular weight excluding hydrogens is 213 g/mol. The predicted octanol–water partition coefficient (Wildman–Crippen LogP) is 1.47. The van der Waals surface area contributed by atoms with E-state index < -0.39 is 23.0 Å². The van der Waals surface area contributed by atoms with Gasteiger partial charge in [-0.3, -0.25) is 0 Å². The average Bonchev–Trinajstić information content (AvgIpc) is 1.95. The van der Waals surface area contributed by atoms with Crippen LogP contribution in [0.25, 0.3) is 0 Å². The maximum Gasteiger partial charge on any atom is 0.410 e. The lowest BCUT2D eigenvalue weighted by atomic mass is 9.65. The lowest BCUT2D eigenvalue weighted by Gasteiger charge is -2.56. The molecule has 92 valence electrons. The smallest absolute Gasteiger partial charge is 0.410 e. The Kier molecular flexibility index (Phi) is 2.25. The molecule has 0 aromatic rings. The van der Waals surface area contributed by atoms with E-state index in [-0.39, 0.29) is 25.9 Å². The van der Waals surface area contributed by atoms with Gasteiger partial charge in [0.05, 0.1) is 18.7 Å². The molecular formula is C11H18FNO3. The van der Waals surface area contributed by atoms with E-state index in [0.717, 1.165) is 0 Å². The van der Waals surface area contributed by atoms with Crippen molar-refractivity contribution in [3.63, 3.8) is 0 Å². The number of hydrogen-bond acceptors (Lipinski definition) is 3. The molecule has 1 amide bonds. The van der Waals surface area contributed by atoms with Gasteiger partial charge in [-0.25, -0.2) is 9.18 Å². The summed E-state index contributed by atoms with van der Waals surface area (Å²) in [6, 6.07) is 0. The van der Waals surface area contributed by atoms with E-state index in [1.54, 1.807) is 20.8 Å². The molecule has 2 aliphatic heterocycles. The molecule has 2 bridgehead atoms. The lowest BCUT2D eigenvalue weighted by Crippen LogP contribution is -2.70. The SMILES string of the molecule is CC(C)(C)OC(=O)N1CC2(O)CC(F)(C1)C2. The minimum atomic E-state index is -1.41. The molecule has 2 saturated heterocycles. The number of aliphatic hydroxyl groups is 1. The Bertz CT molecular complexity index is 302. The number of amides is 1. The molecule has 5 heteroatoms. The van der Waals surface area contributed by atoms with Crippen molar-refractivity contribution in [3.05, 3.63) is 0 Å². The van der Waals surface area contributed by atoms with Crippen molar-refractivity contribution in [2.24, 2.45) is 0 Å². The fourth-order valence-corrected chi connectivity index (χ4v) is 2.56. The van der Waals surface area contributed by atoms with Crippen molar-refractivity contribution in [1.29, 1.82) is 0 Å². The molecule has 4 nitrogen and oxygen atoms in total. The summed E-state index contributed by atoms with van der Waals surface area (Å²) in [6.07, 6.45) is -0.272. The molecule has 0 unspecified atom stereocenters. The number of nitrogens with zero attached hydrogens (tertiary/aromatic N) is 1. The van der Waals surface area contributed by atoms with Crippen molar-refractivity contribution in [1.82, 2.24) is 4.90 Å². The summed E-state index contributed by atoms with van der Waals surface area (Å²) in [7, 11) is 0. The van der Waals surface area contributed by atoms with Crippen LogP contribution in [0, 0.1) is 0 Å². The van der Waals surface area contributed by atoms with Crippen LogP contribution >= 0.6 is 0 Å². The fraction of sp³-hybridized carbons (Fsp3) is 0.909. The van der Waals surface area contributed by atoms with Gasteiger partial charge in [-0.2, -0.15) is 0 Å². The van der Waals surface area contributed by atoms with E-state index in [9.17, 15) is 14.3 Å². The fourth-order valence-electron chi connectivity index (χ4n) is 2.56. The van der Waals surface area contributed by atoms with Crippen LogP contribution < -0.4 is 0 Å². The first kappa shape index (κ1) is 11.6. The third kappa shape index (κ3) is 2.14. The number of alkyl halides is 1. The molecule has 0 atom stereocenters. The van der Waals surface area contributed by atoms with E-state index in [2.05, 4.69) is 0 Å². The standard InChI is InChI=1S/C11H18FNO3/c1-9(2,3)16-8(14)13-6-10(12)4-11(15,5-10)7-13/h15H,4-7H2,1-3H3. The van der Waals surface area contributed by atoms with Crippen LogP contribution in [0.5, 0.6) is 0 Å². The van der Waals surface area contributed by atoms with Crippen LogP contribution in [0.2, 0.25) is 0 Å². The molecule has 0 aromatic heterocycles. The third-order valence-corrected chi connectivity index (χ3v) is 2.90. The number of carbonyl (C=O) groups is 1. The highest BCUT2D eigenvalue weighted by Gasteiger charge is 2.61. The molecule has 16 heavy (non-hydrogen) atoms. The van der Waals surface area contributed by atoms with Crippen LogP contribution in [0.4, 0.5) is 9.18 Å². The first-order chi connectivity index (χ1) is 7.11. The van der Waals surface area contributed by atoms with Crippen LogP contribution in [0.1, 0.15) is 33.6 Å². The number of piperidine rings is 2. The lowest BCUT2D eigenvalue weighted by molar-refractivity contribution is -0.194. The number of hydrogen-bond donors (Lipinski definition) is 1. The molecule has 2 heterocycles. The molecule has 0 aromatic carbocycles. The van der Waals surface area contributed by atoms with E-state index in [0.29, 0.717) is 0 Å². The number of halogens is 1. The van der Waals surface area contributed by atoms with Crippen LogP contribution in [-0.4, -0.2) is 46.1 Å². The highest BCUT2D eigenvalue weighted by Crippen LogP contribution is 2.49. The Morgan fingerprint density at radius 2 is 1.94 bits per heavy atom. The Morgan fingerprint density at radius 1 is 1.38 bits per heavy atom. The van der Waals surface area contributed by atoms with Gasteiger partial charge >= 0.3 is 6.09 Å². The summed E-state index contributed by atoms with van der Waals surface area (Å²) >= 11 is 0. The summed E-state index contributed by atoms with van der Waals surface area (Å²) < 4.78 is 19.0. The molecule has 0 radical (unpaired) electrons. The minimum Gasteiger partial charge on any atom is -0.444 e. The highest BCUT2D eigenvalue weighted by molar-refractivity contribution is 5.69. The molecule has 1 saturated carbocycles. The highest BCUT2D eigenvalue weighted by atomic mass is 19.1. The molecule has 1 N–H and O–H groups in total. The normalized spacial score (nSPS) is 37.9. The topological polar surface area (TPSA) is 49.8 Å². The maximum atomic E-state index is 13.8. The van der Waals surface area contributed by atoms with Gasteiger partial charge in [-0.1, -0.05) is 0 Å². The van der Waals surface area contributed by atoms with Crippen LogP contribution in [0.15, 0.2) is 0 Å². The zero-order valence-corrected chi connectivity index (χ0v) is 9.92. The van der Waals surface area contributed by atoms with Crippen molar-refractivity contribution < 1.29 is 19.0 Å². The van der Waals surface area contributed by atoms with Gasteiger partial charge in [0.25, 0.3) is 0 Å². The molecule has 3 rings (SSSR count). The van der Waals surface area contributed by atoms with Gasteiger partial charge in [0.1, 0.15) is 11.3 Å². The number of rotatable bonds is 0. The Morgan fingerprint density at radius 3 is 2.38 bits per heavy atom. The number of fused-ring (bicyclic) bond motifs is 2. The van der Waals surface area contributed by atoms with Gasteiger partial charge in [0.2, 0.25) is 0 Å². The minimum absolute atomic E-state index is 0.0320. The van der Waals surface area contributed by atoms with Crippen LogP contribution in [-0.2, 0) is 4.74 Å². The summed E-state index contributed by atoms with van der Waals surface area (Å²) in [5.41, 5.74) is -3.04. The summed E-state index contributed by atoms with van der Waals surface area (Å²) in [5.74, 6) is 0. The second kappa shape index (κ2) is 3.09. The quantitative estimate of drug-likeness (QED) is 0.686. The van der Waals surface area contributed by atoms with Crippen molar-refractivity contribution in [2.75, 3.05) is 13.1 Å². The summed E-state index contributed by atoms with van der Waals surface area (Å²) in [5, 5.41) is 9.83. The summed E-state index contributed by atoms with van der Waals surface area (Å²) in [6.45, 7) is 5.48. The number of ether oxygens (including phenoxy) is 1. The van der Waals surface area contributed by atoms with Crippen molar-refractivity contribution in [3.8, 4) is 0 Å². The monoisotopic (exact) mass is 231 g/mol. The maximum absolute atomic E-state index is 13.8. The zero-order chi connectivity index (χ0) is 12.2. The van der Waals surface area contributed by atoms with Gasteiger partial charge in [-0.05, 0) is 20.8 Å². The van der Waals surface area contributed by atoms with E-state index in [1.807, 2.05) is 0 Å². The Labute approximate surface area is 94.4 Å². The largest absolute Gasteiger partial charge is 0.444 e. The van der Waals surface area contributed by atoms with Gasteiger partial charge < -0.3 is 14.7 Å². The van der Waals surface area contributed by atoms with E-state index in [1.165, 1.54) is 4.90 Å². The Hall–Kier alpha value is -0.840. The summed E-state index contributed by atoms with van der Waals surface area (Å²) in [4.78, 5) is 13.0. The average molecular weight is 231 g/mol. The first-order valence-electron chi connectivity index (χ1n) is 5.50. The third-order valence-electron chi connectivity index (χ3n) is 2.90. The van der Waals surface area contributed by atoms with Gasteiger partial charge in [-0.15, -0.1) is 0 Å². The zero-order valence-electron chi connectivity index (χ0n) is 9.92. The second-order valence-corrected chi connectivity index (χ2v) is 6.07. The van der Waals surface area contributed by atoms with Crippen molar-refractivity contribution >= 4 is 6.09 Å². The van der Waals surface area contributed by atoms with Gasteiger partial charge in [0, 0.05) is 12.8 Å². The molecule has 1 aliphatic carbocycles. The molecule has 0 spiro atoms. The predicted molar refractivity (Wildman–Crippen MR) is 55.8 cm³/mol. The molecule has 3 aliphatic rings. The molecule has 3 fully saturated rings. The van der Waals surface area contributed by atoms with E-state index in [4.69, 9.17) is 4.74 Å². The van der Waals surface area contributed by atoms with Gasteiger partial charge in [0.15, 0.2) is 0 Å². The number of carbonyl (C=O) groups excluding carboxylic acids is 1. The second-order valence-electron chi connectivity index (χ2n) is 6.07.